The Kier molecular flexibility index (Phi) is 5.22. The summed E-state index contributed by atoms with van der Waals surface area (Å²) in [5.74, 6) is 1.70. The van der Waals surface area contributed by atoms with Gasteiger partial charge in [0, 0.05) is 0 Å². The van der Waals surface area contributed by atoms with Gasteiger partial charge in [0.15, 0.2) is 0 Å². The molecule has 2 heteroatoms. The minimum absolute atomic E-state index is 0.850. The van der Waals surface area contributed by atoms with E-state index in [-0.39, 0.29) is 0 Å². The Balaban J connectivity index is 2.25. The minimum atomic E-state index is 0.850. The first-order valence-corrected chi connectivity index (χ1v) is 6.86. The summed E-state index contributed by atoms with van der Waals surface area (Å²) in [7, 11) is 3.36. The second-order valence-electron chi connectivity index (χ2n) is 4.72. The van der Waals surface area contributed by atoms with E-state index in [1.807, 2.05) is 55.5 Å². The van der Waals surface area contributed by atoms with E-state index in [4.69, 9.17) is 9.47 Å². The number of hydrogen-bond donors (Lipinski definition) is 0. The molecular formula is C19H20O2. The lowest BCUT2D eigenvalue weighted by Gasteiger charge is -2.08. The summed E-state index contributed by atoms with van der Waals surface area (Å²) in [6.07, 6.45) is 4.13. The molecule has 2 rings (SSSR count). The quantitative estimate of drug-likeness (QED) is 0.579. The molecule has 2 aromatic rings. The zero-order chi connectivity index (χ0) is 15.1. The number of rotatable bonds is 5. The fourth-order valence-corrected chi connectivity index (χ4v) is 2.06. The molecule has 2 aromatic carbocycles. The lowest BCUT2D eigenvalue weighted by Crippen LogP contribution is -1.90. The van der Waals surface area contributed by atoms with Crippen molar-refractivity contribution in [3.8, 4) is 5.75 Å². The van der Waals surface area contributed by atoms with Gasteiger partial charge in [0.1, 0.15) is 11.5 Å². The highest BCUT2D eigenvalue weighted by Crippen LogP contribution is 2.19. The Labute approximate surface area is 126 Å². The average Bonchev–Trinajstić information content (AvgIpc) is 2.54. The largest absolute Gasteiger partial charge is 0.497 e. The second-order valence-corrected chi connectivity index (χ2v) is 4.72. The van der Waals surface area contributed by atoms with Gasteiger partial charge in [0.2, 0.25) is 0 Å². The van der Waals surface area contributed by atoms with Gasteiger partial charge in [-0.15, -0.1) is 0 Å². The lowest BCUT2D eigenvalue weighted by atomic mass is 10.1. The van der Waals surface area contributed by atoms with Crippen molar-refractivity contribution in [3.05, 3.63) is 77.1 Å². The van der Waals surface area contributed by atoms with Crippen LogP contribution in [-0.2, 0) is 4.74 Å². The number of hydrogen-bond acceptors (Lipinski definition) is 2. The minimum Gasteiger partial charge on any atom is -0.497 e. The maximum absolute atomic E-state index is 5.51. The highest BCUT2D eigenvalue weighted by Gasteiger charge is 2.01. The third kappa shape index (κ3) is 4.25. The molecule has 0 aliphatic carbocycles. The molecule has 21 heavy (non-hydrogen) atoms. The van der Waals surface area contributed by atoms with Crippen LogP contribution in [-0.4, -0.2) is 14.2 Å². The Bertz CT molecular complexity index is 622. The van der Waals surface area contributed by atoms with Gasteiger partial charge in [0.25, 0.3) is 0 Å². The first-order valence-electron chi connectivity index (χ1n) is 6.86. The molecule has 0 heterocycles. The van der Waals surface area contributed by atoms with Crippen LogP contribution in [0.25, 0.3) is 12.2 Å². The molecule has 0 spiro atoms. The molecule has 0 aliphatic heterocycles. The molecule has 0 unspecified atom stereocenters. The highest BCUT2D eigenvalue weighted by molar-refractivity contribution is 5.63. The van der Waals surface area contributed by atoms with Crippen LogP contribution in [0, 0.1) is 0 Å². The summed E-state index contributed by atoms with van der Waals surface area (Å²) < 4.78 is 10.7. The molecule has 0 saturated carbocycles. The smallest absolute Gasteiger partial charge is 0.122 e. The van der Waals surface area contributed by atoms with E-state index in [9.17, 15) is 0 Å². The summed E-state index contributed by atoms with van der Waals surface area (Å²) in [5.41, 5.74) is 3.32. The molecule has 0 atom stereocenters. The van der Waals surface area contributed by atoms with Gasteiger partial charge in [-0.3, -0.25) is 0 Å². The van der Waals surface area contributed by atoms with E-state index in [0.717, 1.165) is 28.2 Å². The predicted octanol–water partition coefficient (Wildman–Crippen LogP) is 4.79. The molecule has 0 aliphatic rings. The summed E-state index contributed by atoms with van der Waals surface area (Å²) in [5, 5.41) is 0. The Morgan fingerprint density at radius 3 is 2.00 bits per heavy atom. The van der Waals surface area contributed by atoms with Crippen LogP contribution in [0.2, 0.25) is 0 Å². The number of methoxy groups -OCH3 is 2. The Hall–Kier alpha value is -2.48. The number of benzene rings is 2. The van der Waals surface area contributed by atoms with Gasteiger partial charge in [-0.1, -0.05) is 42.5 Å². The van der Waals surface area contributed by atoms with Crippen LogP contribution in [0.4, 0.5) is 0 Å². The number of allylic oxidation sites excluding steroid dienone is 1. The number of ether oxygens (including phenoxy) is 2. The molecule has 2 nitrogen and oxygen atoms in total. The molecule has 0 N–H and O–H groups in total. The van der Waals surface area contributed by atoms with E-state index in [2.05, 4.69) is 18.2 Å². The first kappa shape index (κ1) is 14.9. The van der Waals surface area contributed by atoms with Crippen LogP contribution < -0.4 is 4.74 Å². The second kappa shape index (κ2) is 7.34. The average molecular weight is 280 g/mol. The van der Waals surface area contributed by atoms with Crippen LogP contribution in [0.1, 0.15) is 18.1 Å². The molecule has 0 fully saturated rings. The fourth-order valence-electron chi connectivity index (χ4n) is 2.06. The fraction of sp³-hybridized carbons (Fsp3) is 0.158. The van der Waals surface area contributed by atoms with Crippen LogP contribution in [0.15, 0.2) is 65.9 Å². The van der Waals surface area contributed by atoms with E-state index < -0.39 is 0 Å². The molecule has 0 bridgehead atoms. The van der Waals surface area contributed by atoms with Crippen LogP contribution in [0.3, 0.4) is 0 Å². The van der Waals surface area contributed by atoms with E-state index in [1.54, 1.807) is 14.2 Å². The zero-order valence-corrected chi connectivity index (χ0v) is 12.7. The van der Waals surface area contributed by atoms with Crippen molar-refractivity contribution < 1.29 is 9.47 Å². The van der Waals surface area contributed by atoms with Gasteiger partial charge < -0.3 is 9.47 Å². The van der Waals surface area contributed by atoms with Crippen molar-refractivity contribution in [2.75, 3.05) is 14.2 Å². The predicted molar refractivity (Wildman–Crippen MR) is 88.1 cm³/mol. The maximum Gasteiger partial charge on any atom is 0.122 e. The molecule has 0 radical (unpaired) electrons. The van der Waals surface area contributed by atoms with E-state index >= 15 is 0 Å². The van der Waals surface area contributed by atoms with Crippen LogP contribution in [0.5, 0.6) is 5.75 Å². The lowest BCUT2D eigenvalue weighted by molar-refractivity contribution is 0.305. The summed E-state index contributed by atoms with van der Waals surface area (Å²) in [6, 6.07) is 18.1. The third-order valence-corrected chi connectivity index (χ3v) is 3.20. The van der Waals surface area contributed by atoms with Crippen molar-refractivity contribution in [2.24, 2.45) is 0 Å². The maximum atomic E-state index is 5.51. The van der Waals surface area contributed by atoms with Gasteiger partial charge in [-0.25, -0.2) is 0 Å². The molecule has 0 saturated heterocycles. The van der Waals surface area contributed by atoms with Crippen LogP contribution >= 0.6 is 0 Å². The monoisotopic (exact) mass is 280 g/mol. The summed E-state index contributed by atoms with van der Waals surface area (Å²) in [4.78, 5) is 0. The zero-order valence-electron chi connectivity index (χ0n) is 12.7. The van der Waals surface area contributed by atoms with Crippen molar-refractivity contribution in [1.29, 1.82) is 0 Å². The Morgan fingerprint density at radius 1 is 0.810 bits per heavy atom. The third-order valence-electron chi connectivity index (χ3n) is 3.20. The Morgan fingerprint density at radius 2 is 1.43 bits per heavy atom. The van der Waals surface area contributed by atoms with Gasteiger partial charge in [0.05, 0.1) is 14.2 Å². The van der Waals surface area contributed by atoms with Gasteiger partial charge in [-0.2, -0.15) is 0 Å². The molecular weight excluding hydrogens is 260 g/mol. The summed E-state index contributed by atoms with van der Waals surface area (Å²) in [6.45, 7) is 2.05. The topological polar surface area (TPSA) is 18.5 Å². The van der Waals surface area contributed by atoms with Crippen molar-refractivity contribution in [2.45, 2.75) is 6.92 Å². The highest BCUT2D eigenvalue weighted by atomic mass is 16.5. The molecule has 0 amide bonds. The SMILES string of the molecule is COC(=C/c1ccc(OC)cc1)/C(C)=C/c1ccccc1. The summed E-state index contributed by atoms with van der Waals surface area (Å²) >= 11 is 0. The standard InChI is InChI=1S/C19H20O2/c1-15(13-16-7-5-4-6-8-16)19(21-3)14-17-9-11-18(20-2)12-10-17/h4-14H,1-3H3/b15-13+,19-14+. The molecule has 0 aromatic heterocycles. The van der Waals surface area contributed by atoms with E-state index in [0.29, 0.717) is 0 Å². The normalized spacial score (nSPS) is 12.1. The van der Waals surface area contributed by atoms with Crippen molar-refractivity contribution in [1.82, 2.24) is 0 Å². The first-order chi connectivity index (χ1) is 10.2. The van der Waals surface area contributed by atoms with Crippen molar-refractivity contribution >= 4 is 12.2 Å². The van der Waals surface area contributed by atoms with Gasteiger partial charge in [-0.05, 0) is 47.9 Å². The van der Waals surface area contributed by atoms with Crippen molar-refractivity contribution in [3.63, 3.8) is 0 Å². The molecule has 108 valence electrons. The van der Waals surface area contributed by atoms with E-state index in [1.165, 1.54) is 0 Å². The van der Waals surface area contributed by atoms with Gasteiger partial charge >= 0.3 is 0 Å².